The fraction of sp³-hybridized carbons (Fsp3) is 0.467. The highest BCUT2D eigenvalue weighted by molar-refractivity contribution is 6.30. The number of hydrogen-bond acceptors (Lipinski definition) is 3. The Morgan fingerprint density at radius 1 is 1.05 bits per heavy atom. The van der Waals surface area contributed by atoms with E-state index in [0.29, 0.717) is 31.6 Å². The van der Waals surface area contributed by atoms with E-state index in [1.54, 1.807) is 28.8 Å². The molecule has 2 heterocycles. The molecule has 3 aromatic rings. The summed E-state index contributed by atoms with van der Waals surface area (Å²) in [6, 6.07) is 9.47. The van der Waals surface area contributed by atoms with Crippen LogP contribution in [0, 0.1) is 23.4 Å². The molecule has 1 aliphatic heterocycles. The van der Waals surface area contributed by atoms with E-state index in [1.807, 2.05) is 6.07 Å². The zero-order chi connectivity index (χ0) is 30.2. The Morgan fingerprint density at radius 2 is 1.79 bits per heavy atom. The Kier molecular flexibility index (Phi) is 8.63. The maximum absolute atomic E-state index is 14.9. The smallest absolute Gasteiger partial charge is 0.342 e. The van der Waals surface area contributed by atoms with Crippen LogP contribution in [-0.2, 0) is 4.79 Å². The van der Waals surface area contributed by atoms with Crippen LogP contribution in [0.25, 0.3) is 5.69 Å². The van der Waals surface area contributed by atoms with Crippen LogP contribution < -0.4 is 5.32 Å². The van der Waals surface area contributed by atoms with Crippen LogP contribution in [-0.4, -0.2) is 51.9 Å². The van der Waals surface area contributed by atoms with Gasteiger partial charge in [0, 0.05) is 60.9 Å². The van der Waals surface area contributed by atoms with Crippen molar-refractivity contribution in [2.75, 3.05) is 19.6 Å². The van der Waals surface area contributed by atoms with Crippen molar-refractivity contribution in [1.29, 1.82) is 0 Å². The zero-order valence-electron chi connectivity index (χ0n) is 22.9. The van der Waals surface area contributed by atoms with Crippen molar-refractivity contribution in [3.63, 3.8) is 0 Å². The van der Waals surface area contributed by atoms with Gasteiger partial charge in [0.05, 0.1) is 17.1 Å². The Bertz CT molecular complexity index is 1440. The number of carbonyl (C=O) groups excluding carboxylic acids is 1. The van der Waals surface area contributed by atoms with Gasteiger partial charge in [0.2, 0.25) is 5.91 Å². The van der Waals surface area contributed by atoms with Crippen molar-refractivity contribution < 1.29 is 31.1 Å². The van der Waals surface area contributed by atoms with Gasteiger partial charge in [-0.2, -0.15) is 18.3 Å². The molecule has 12 heteroatoms. The van der Waals surface area contributed by atoms with Gasteiger partial charge >= 0.3 is 6.18 Å². The van der Waals surface area contributed by atoms with Gasteiger partial charge < -0.3 is 10.2 Å². The molecule has 0 spiro atoms. The molecule has 0 bridgehead atoms. The number of rotatable bonds is 7. The van der Waals surface area contributed by atoms with Gasteiger partial charge in [-0.05, 0) is 68.5 Å². The number of likely N-dealkylation sites (tertiary alicyclic amines) is 1. The van der Waals surface area contributed by atoms with E-state index in [0.717, 1.165) is 17.8 Å². The molecule has 0 unspecified atom stereocenters. The Morgan fingerprint density at radius 3 is 2.45 bits per heavy atom. The monoisotopic (exact) mass is 612 g/mol. The molecule has 1 amide bonds. The van der Waals surface area contributed by atoms with E-state index in [9.17, 15) is 31.1 Å². The fourth-order valence-corrected chi connectivity index (χ4v) is 6.64. The highest BCUT2D eigenvalue weighted by Gasteiger charge is 2.48. The molecule has 2 aromatic carbocycles. The zero-order valence-corrected chi connectivity index (χ0v) is 23.7. The fourth-order valence-electron chi connectivity index (χ4n) is 6.46. The van der Waals surface area contributed by atoms with Crippen molar-refractivity contribution in [3.8, 4) is 5.69 Å². The summed E-state index contributed by atoms with van der Waals surface area (Å²) in [5.74, 6) is -3.48. The number of aromatic nitrogens is 2. The number of nitrogens with zero attached hydrogens (tertiary/aromatic N) is 3. The molecular weight excluding hydrogens is 582 g/mol. The van der Waals surface area contributed by atoms with Gasteiger partial charge in [-0.1, -0.05) is 17.7 Å². The Hall–Kier alpha value is -3.05. The Balaban J connectivity index is 1.31. The minimum Gasteiger partial charge on any atom is -0.342 e. The number of piperidine rings is 1. The second-order valence-corrected chi connectivity index (χ2v) is 11.9. The predicted octanol–water partition coefficient (Wildman–Crippen LogP) is 7.14. The first-order chi connectivity index (χ1) is 19.8. The van der Waals surface area contributed by atoms with Gasteiger partial charge in [0.25, 0.3) is 0 Å². The molecule has 5 nitrogen and oxygen atoms in total. The van der Waals surface area contributed by atoms with Crippen molar-refractivity contribution in [1.82, 2.24) is 20.0 Å². The number of benzene rings is 2. The second-order valence-electron chi connectivity index (χ2n) is 11.5. The molecule has 1 saturated carbocycles. The number of alkyl halides is 3. The van der Waals surface area contributed by atoms with Gasteiger partial charge in [-0.3, -0.25) is 4.79 Å². The lowest BCUT2D eigenvalue weighted by atomic mass is 9.86. The number of hydrogen-bond donors (Lipinski definition) is 1. The normalized spacial score (nSPS) is 23.5. The molecule has 42 heavy (non-hydrogen) atoms. The minimum absolute atomic E-state index is 0.0158. The maximum Gasteiger partial charge on any atom is 0.390 e. The molecule has 1 aliphatic carbocycles. The van der Waals surface area contributed by atoms with Crippen molar-refractivity contribution in [3.05, 3.63) is 82.4 Å². The Labute approximate surface area is 244 Å². The topological polar surface area (TPSA) is 50.2 Å². The summed E-state index contributed by atoms with van der Waals surface area (Å²) in [7, 11) is 0. The molecule has 1 N–H and O–H groups in total. The lowest BCUT2D eigenvalue weighted by Gasteiger charge is -2.35. The summed E-state index contributed by atoms with van der Waals surface area (Å²) < 4.78 is 82.4. The summed E-state index contributed by atoms with van der Waals surface area (Å²) in [4.78, 5) is 15.6. The van der Waals surface area contributed by atoms with Crippen LogP contribution in [0.5, 0.6) is 0 Å². The van der Waals surface area contributed by atoms with Gasteiger partial charge in [-0.25, -0.2) is 17.9 Å². The molecule has 2 aliphatic rings. The number of nitrogens with one attached hydrogen (secondary N) is 1. The lowest BCUT2D eigenvalue weighted by Crippen LogP contribution is -2.44. The van der Waals surface area contributed by atoms with Crippen molar-refractivity contribution in [2.45, 2.75) is 62.6 Å². The number of amides is 1. The SMILES string of the molecule is C[C@@]1(NCCC(F)(F)F)C[C@@H](C(=O)N2CCC(c3ccnn3-c3ccc(F)c(Cl)c3)CC2)[C@H](c2ccc(F)cc2F)C1. The second kappa shape index (κ2) is 11.9. The standard InChI is InChI=1S/C30H31ClF6N4O/c1-29(38-11-9-30(35,36)37)16-22(21-4-2-19(32)14-26(21)34)23(17-29)28(42)40-12-7-18(8-13-40)27-6-10-39-41(27)20-3-5-25(33)24(31)15-20/h2-6,10,14-15,18,22-23,38H,7-9,11-13,16-17H2,1H3/t22-,23+,29-/m0/s1. The minimum atomic E-state index is -4.33. The highest BCUT2D eigenvalue weighted by atomic mass is 35.5. The summed E-state index contributed by atoms with van der Waals surface area (Å²) in [5.41, 5.74) is 0.872. The molecule has 5 rings (SSSR count). The van der Waals surface area contributed by atoms with Crippen LogP contribution in [0.15, 0.2) is 48.7 Å². The average Bonchev–Trinajstić information content (AvgIpc) is 3.54. The summed E-state index contributed by atoms with van der Waals surface area (Å²) >= 11 is 5.97. The van der Waals surface area contributed by atoms with Gasteiger partial charge in [-0.15, -0.1) is 0 Å². The van der Waals surface area contributed by atoms with Crippen LogP contribution in [0.4, 0.5) is 26.3 Å². The van der Waals surface area contributed by atoms with E-state index in [4.69, 9.17) is 11.6 Å². The molecule has 0 radical (unpaired) electrons. The summed E-state index contributed by atoms with van der Waals surface area (Å²) in [6.07, 6.45) is -2.00. The summed E-state index contributed by atoms with van der Waals surface area (Å²) in [5, 5.41) is 7.32. The van der Waals surface area contributed by atoms with Crippen LogP contribution >= 0.6 is 11.6 Å². The first-order valence-corrected chi connectivity index (χ1v) is 14.3. The third kappa shape index (κ3) is 6.62. The van der Waals surface area contributed by atoms with E-state index in [1.165, 1.54) is 18.2 Å². The maximum atomic E-state index is 14.9. The third-order valence-electron chi connectivity index (χ3n) is 8.51. The van der Waals surface area contributed by atoms with E-state index >= 15 is 0 Å². The van der Waals surface area contributed by atoms with E-state index < -0.39 is 47.4 Å². The van der Waals surface area contributed by atoms with Crippen LogP contribution in [0.1, 0.15) is 62.1 Å². The van der Waals surface area contributed by atoms with E-state index in [-0.39, 0.29) is 41.8 Å². The average molecular weight is 613 g/mol. The number of carbonyl (C=O) groups is 1. The summed E-state index contributed by atoms with van der Waals surface area (Å²) in [6.45, 7) is 2.27. The first-order valence-electron chi connectivity index (χ1n) is 13.9. The van der Waals surface area contributed by atoms with Crippen LogP contribution in [0.3, 0.4) is 0 Å². The van der Waals surface area contributed by atoms with Gasteiger partial charge in [0.15, 0.2) is 0 Å². The van der Waals surface area contributed by atoms with Crippen molar-refractivity contribution in [2.24, 2.45) is 5.92 Å². The highest BCUT2D eigenvalue weighted by Crippen LogP contribution is 2.47. The molecule has 226 valence electrons. The van der Waals surface area contributed by atoms with Gasteiger partial charge in [0.1, 0.15) is 17.5 Å². The molecule has 3 atom stereocenters. The van der Waals surface area contributed by atoms with Crippen molar-refractivity contribution >= 4 is 17.5 Å². The predicted molar refractivity (Wildman–Crippen MR) is 146 cm³/mol. The largest absolute Gasteiger partial charge is 0.390 e. The van der Waals surface area contributed by atoms with Crippen LogP contribution in [0.2, 0.25) is 5.02 Å². The quantitative estimate of drug-likeness (QED) is 0.289. The number of halogens is 7. The molecule has 2 fully saturated rings. The van der Waals surface area contributed by atoms with E-state index in [2.05, 4.69) is 10.4 Å². The molecule has 1 aromatic heterocycles. The third-order valence-corrected chi connectivity index (χ3v) is 8.80. The molecule has 1 saturated heterocycles. The lowest BCUT2D eigenvalue weighted by molar-refractivity contribution is -0.137. The molecular formula is C30H31ClF6N4O. The first kappa shape index (κ1) is 30.4.